The summed E-state index contributed by atoms with van der Waals surface area (Å²) in [5, 5.41) is 3.09. The molecule has 1 aliphatic rings. The summed E-state index contributed by atoms with van der Waals surface area (Å²) in [6, 6.07) is 16.9. The predicted octanol–water partition coefficient (Wildman–Crippen LogP) is 4.97. The first-order valence-electron chi connectivity index (χ1n) is 9.70. The summed E-state index contributed by atoms with van der Waals surface area (Å²) in [6.45, 7) is 9.44. The molecule has 0 spiro atoms. The smallest absolute Gasteiger partial charge is 0.227 e. The molecule has 0 radical (unpaired) electrons. The van der Waals surface area contributed by atoms with Crippen molar-refractivity contribution in [1.29, 1.82) is 0 Å². The van der Waals surface area contributed by atoms with Crippen molar-refractivity contribution in [3.05, 3.63) is 65.2 Å². The lowest BCUT2D eigenvalue weighted by molar-refractivity contribution is -0.121. The first kappa shape index (κ1) is 18.7. The summed E-state index contributed by atoms with van der Waals surface area (Å²) in [6.07, 6.45) is 1.86. The number of hydrogen-bond acceptors (Lipinski definition) is 2. The molecule has 2 aromatic rings. The molecular formula is C23H30N2O. The number of likely N-dealkylation sites (tertiary alicyclic amines) is 1. The van der Waals surface area contributed by atoms with Gasteiger partial charge in [-0.1, -0.05) is 55.8 Å². The maximum Gasteiger partial charge on any atom is 0.227 e. The highest BCUT2D eigenvalue weighted by molar-refractivity contribution is 5.92. The van der Waals surface area contributed by atoms with Crippen LogP contribution in [0.3, 0.4) is 0 Å². The van der Waals surface area contributed by atoms with Gasteiger partial charge in [-0.3, -0.25) is 9.69 Å². The van der Waals surface area contributed by atoms with Crippen LogP contribution in [-0.2, 0) is 11.3 Å². The van der Waals surface area contributed by atoms with E-state index in [-0.39, 0.29) is 11.8 Å². The van der Waals surface area contributed by atoms with E-state index in [1.54, 1.807) is 0 Å². The lowest BCUT2D eigenvalue weighted by Crippen LogP contribution is -2.37. The number of aryl methyl sites for hydroxylation is 1. The molecule has 1 heterocycles. The molecule has 1 amide bonds. The number of nitrogens with zero attached hydrogens (tertiary/aromatic N) is 1. The Morgan fingerprint density at radius 3 is 2.42 bits per heavy atom. The Morgan fingerprint density at radius 2 is 1.81 bits per heavy atom. The first-order valence-corrected chi connectivity index (χ1v) is 9.70. The average Bonchev–Trinajstić information content (AvgIpc) is 2.63. The molecule has 0 saturated carbocycles. The van der Waals surface area contributed by atoms with E-state index >= 15 is 0 Å². The van der Waals surface area contributed by atoms with Gasteiger partial charge in [0, 0.05) is 18.2 Å². The number of carbonyl (C=O) groups is 1. The molecule has 3 rings (SSSR count). The Bertz CT molecular complexity index is 728. The van der Waals surface area contributed by atoms with E-state index in [2.05, 4.69) is 67.4 Å². The molecule has 1 aliphatic heterocycles. The van der Waals surface area contributed by atoms with Crippen molar-refractivity contribution in [2.75, 3.05) is 18.4 Å². The Kier molecular flexibility index (Phi) is 6.10. The van der Waals surface area contributed by atoms with Crippen LogP contribution in [0.5, 0.6) is 0 Å². The fourth-order valence-corrected chi connectivity index (χ4v) is 3.62. The van der Waals surface area contributed by atoms with E-state index in [4.69, 9.17) is 0 Å². The Labute approximate surface area is 157 Å². The quantitative estimate of drug-likeness (QED) is 0.826. The standard InChI is InChI=1S/C23H30N2O/c1-17(2)20-7-9-22(10-8-20)24-23(26)21-11-13-25(14-12-21)16-19-6-4-5-18(3)15-19/h4-10,15,17,21H,11-14,16H2,1-3H3,(H,24,26). The summed E-state index contributed by atoms with van der Waals surface area (Å²) in [7, 11) is 0. The van der Waals surface area contributed by atoms with Crippen molar-refractivity contribution in [3.8, 4) is 0 Å². The van der Waals surface area contributed by atoms with Gasteiger partial charge in [-0.25, -0.2) is 0 Å². The fraction of sp³-hybridized carbons (Fsp3) is 0.435. The lowest BCUT2D eigenvalue weighted by atomic mass is 9.95. The molecular weight excluding hydrogens is 320 g/mol. The fourth-order valence-electron chi connectivity index (χ4n) is 3.62. The van der Waals surface area contributed by atoms with Crippen LogP contribution in [0.2, 0.25) is 0 Å². The third-order valence-electron chi connectivity index (χ3n) is 5.29. The molecule has 2 aromatic carbocycles. The summed E-state index contributed by atoms with van der Waals surface area (Å²) in [4.78, 5) is 15.0. The van der Waals surface area contributed by atoms with Gasteiger partial charge in [-0.2, -0.15) is 0 Å². The monoisotopic (exact) mass is 350 g/mol. The molecule has 1 saturated heterocycles. The van der Waals surface area contributed by atoms with E-state index in [0.29, 0.717) is 5.92 Å². The molecule has 1 fully saturated rings. The minimum absolute atomic E-state index is 0.119. The second-order valence-corrected chi connectivity index (χ2v) is 7.81. The zero-order valence-corrected chi connectivity index (χ0v) is 16.2. The SMILES string of the molecule is Cc1cccc(CN2CCC(C(=O)Nc3ccc(C(C)C)cc3)CC2)c1. The van der Waals surface area contributed by atoms with Gasteiger partial charge in [0.2, 0.25) is 5.91 Å². The van der Waals surface area contributed by atoms with Gasteiger partial charge < -0.3 is 5.32 Å². The minimum atomic E-state index is 0.119. The van der Waals surface area contributed by atoms with Crippen LogP contribution in [0.4, 0.5) is 5.69 Å². The van der Waals surface area contributed by atoms with Crippen molar-refractivity contribution >= 4 is 11.6 Å². The van der Waals surface area contributed by atoms with Crippen molar-refractivity contribution in [2.24, 2.45) is 5.92 Å². The molecule has 0 aliphatic carbocycles. The van der Waals surface area contributed by atoms with E-state index in [9.17, 15) is 4.79 Å². The van der Waals surface area contributed by atoms with Crippen LogP contribution >= 0.6 is 0 Å². The number of benzene rings is 2. The van der Waals surface area contributed by atoms with Crippen LogP contribution in [0.15, 0.2) is 48.5 Å². The topological polar surface area (TPSA) is 32.3 Å². The van der Waals surface area contributed by atoms with Gasteiger partial charge >= 0.3 is 0 Å². The number of amides is 1. The summed E-state index contributed by atoms with van der Waals surface area (Å²) in [5.41, 5.74) is 4.87. The minimum Gasteiger partial charge on any atom is -0.326 e. The number of nitrogens with one attached hydrogen (secondary N) is 1. The van der Waals surface area contributed by atoms with Crippen molar-refractivity contribution in [3.63, 3.8) is 0 Å². The molecule has 138 valence electrons. The maximum absolute atomic E-state index is 12.6. The van der Waals surface area contributed by atoms with E-state index in [1.165, 1.54) is 16.7 Å². The van der Waals surface area contributed by atoms with E-state index in [1.807, 2.05) is 12.1 Å². The number of piperidine rings is 1. The lowest BCUT2D eigenvalue weighted by Gasteiger charge is -2.31. The molecule has 26 heavy (non-hydrogen) atoms. The van der Waals surface area contributed by atoms with Crippen molar-refractivity contribution in [2.45, 2.75) is 46.1 Å². The zero-order chi connectivity index (χ0) is 18.5. The molecule has 0 aromatic heterocycles. The van der Waals surface area contributed by atoms with Gasteiger partial charge in [-0.05, 0) is 62.0 Å². The van der Waals surface area contributed by atoms with E-state index in [0.717, 1.165) is 38.2 Å². The normalized spacial score (nSPS) is 16.0. The molecule has 0 bridgehead atoms. The van der Waals surface area contributed by atoms with Crippen molar-refractivity contribution < 1.29 is 4.79 Å². The zero-order valence-electron chi connectivity index (χ0n) is 16.2. The van der Waals surface area contributed by atoms with Gasteiger partial charge in [0.25, 0.3) is 0 Å². The first-order chi connectivity index (χ1) is 12.5. The average molecular weight is 351 g/mol. The number of rotatable bonds is 5. The van der Waals surface area contributed by atoms with Gasteiger partial charge in [-0.15, -0.1) is 0 Å². The summed E-state index contributed by atoms with van der Waals surface area (Å²) >= 11 is 0. The van der Waals surface area contributed by atoms with Gasteiger partial charge in [0.05, 0.1) is 0 Å². The predicted molar refractivity (Wildman–Crippen MR) is 108 cm³/mol. The molecule has 3 nitrogen and oxygen atoms in total. The third kappa shape index (κ3) is 4.95. The molecule has 1 N–H and O–H groups in total. The number of carbonyl (C=O) groups excluding carboxylic acids is 1. The highest BCUT2D eigenvalue weighted by Crippen LogP contribution is 2.22. The second kappa shape index (κ2) is 8.50. The highest BCUT2D eigenvalue weighted by Gasteiger charge is 2.25. The van der Waals surface area contributed by atoms with Crippen LogP contribution in [0, 0.1) is 12.8 Å². The van der Waals surface area contributed by atoms with E-state index < -0.39 is 0 Å². The van der Waals surface area contributed by atoms with Gasteiger partial charge in [0.15, 0.2) is 0 Å². The van der Waals surface area contributed by atoms with Gasteiger partial charge in [0.1, 0.15) is 0 Å². The largest absolute Gasteiger partial charge is 0.326 e. The second-order valence-electron chi connectivity index (χ2n) is 7.81. The highest BCUT2D eigenvalue weighted by atomic mass is 16.1. The van der Waals surface area contributed by atoms with Crippen LogP contribution in [0.1, 0.15) is 49.3 Å². The van der Waals surface area contributed by atoms with Crippen LogP contribution in [-0.4, -0.2) is 23.9 Å². The summed E-state index contributed by atoms with van der Waals surface area (Å²) in [5.74, 6) is 0.795. The third-order valence-corrected chi connectivity index (χ3v) is 5.29. The Morgan fingerprint density at radius 1 is 1.12 bits per heavy atom. The maximum atomic E-state index is 12.6. The molecule has 0 atom stereocenters. The Hall–Kier alpha value is -2.13. The van der Waals surface area contributed by atoms with Crippen LogP contribution in [0.25, 0.3) is 0 Å². The van der Waals surface area contributed by atoms with Crippen LogP contribution < -0.4 is 5.32 Å². The summed E-state index contributed by atoms with van der Waals surface area (Å²) < 4.78 is 0. The molecule has 3 heteroatoms. The number of hydrogen-bond donors (Lipinski definition) is 1. The van der Waals surface area contributed by atoms with Crippen molar-refractivity contribution in [1.82, 2.24) is 4.90 Å². The Balaban J connectivity index is 1.48. The number of anilines is 1. The molecule has 0 unspecified atom stereocenters.